The third-order valence-corrected chi connectivity index (χ3v) is 4.46. The number of hydrogen-bond acceptors (Lipinski definition) is 2. The summed E-state index contributed by atoms with van der Waals surface area (Å²) in [5.41, 5.74) is 0.787. The third kappa shape index (κ3) is 4.20. The lowest BCUT2D eigenvalue weighted by molar-refractivity contribution is 0.251. The van der Waals surface area contributed by atoms with E-state index in [1.807, 2.05) is 6.07 Å². The molecule has 2 N–H and O–H groups in total. The van der Waals surface area contributed by atoms with E-state index in [1.165, 1.54) is 0 Å². The first-order chi connectivity index (χ1) is 12.0. The molecule has 0 saturated carbocycles. The standard InChI is InChI=1S/C18H18ClF2N3O/c19-14-6-2-1-5-12(14)11-22-18(25)23-13-9-15(20)17(16(21)10-13)24-7-3-4-8-24/h1-2,5-6,9-10H,3-4,7-8,11H2,(H2,22,23,25). The molecule has 1 saturated heterocycles. The molecule has 132 valence electrons. The van der Waals surface area contributed by atoms with Gasteiger partial charge in [-0.1, -0.05) is 29.8 Å². The summed E-state index contributed by atoms with van der Waals surface area (Å²) in [6.07, 6.45) is 1.84. The van der Waals surface area contributed by atoms with Gasteiger partial charge >= 0.3 is 6.03 Å². The number of benzene rings is 2. The lowest BCUT2D eigenvalue weighted by Crippen LogP contribution is -2.28. The topological polar surface area (TPSA) is 44.4 Å². The van der Waals surface area contributed by atoms with Crippen molar-refractivity contribution >= 4 is 29.0 Å². The van der Waals surface area contributed by atoms with Crippen LogP contribution in [0.4, 0.5) is 25.0 Å². The Morgan fingerprint density at radius 1 is 1.12 bits per heavy atom. The molecule has 1 heterocycles. The van der Waals surface area contributed by atoms with E-state index in [1.54, 1.807) is 23.1 Å². The summed E-state index contributed by atoms with van der Waals surface area (Å²) >= 11 is 6.01. The first-order valence-electron chi connectivity index (χ1n) is 8.07. The Morgan fingerprint density at radius 2 is 1.76 bits per heavy atom. The van der Waals surface area contributed by atoms with Gasteiger partial charge in [0.25, 0.3) is 0 Å². The monoisotopic (exact) mass is 365 g/mol. The van der Waals surface area contributed by atoms with Gasteiger partial charge in [-0.25, -0.2) is 13.6 Å². The Balaban J connectivity index is 1.64. The van der Waals surface area contributed by atoms with E-state index in [2.05, 4.69) is 10.6 Å². The van der Waals surface area contributed by atoms with Crippen LogP contribution in [0.15, 0.2) is 36.4 Å². The number of anilines is 2. The van der Waals surface area contributed by atoms with Crippen molar-refractivity contribution in [1.29, 1.82) is 0 Å². The molecule has 7 heteroatoms. The Hall–Kier alpha value is -2.34. The van der Waals surface area contributed by atoms with Crippen molar-refractivity contribution in [3.63, 3.8) is 0 Å². The largest absolute Gasteiger partial charge is 0.367 e. The Bertz CT molecular complexity index is 756. The Labute approximate surface area is 149 Å². The number of halogens is 3. The summed E-state index contributed by atoms with van der Waals surface area (Å²) in [5.74, 6) is -1.35. The maximum atomic E-state index is 14.2. The lowest BCUT2D eigenvalue weighted by Gasteiger charge is -2.20. The zero-order valence-electron chi connectivity index (χ0n) is 13.5. The number of amides is 2. The van der Waals surface area contributed by atoms with E-state index in [-0.39, 0.29) is 17.9 Å². The molecule has 0 radical (unpaired) electrons. The third-order valence-electron chi connectivity index (χ3n) is 4.09. The van der Waals surface area contributed by atoms with Crippen LogP contribution in [-0.4, -0.2) is 19.1 Å². The molecule has 0 unspecified atom stereocenters. The van der Waals surface area contributed by atoms with Gasteiger partial charge < -0.3 is 15.5 Å². The van der Waals surface area contributed by atoms with Crippen molar-refractivity contribution in [3.8, 4) is 0 Å². The summed E-state index contributed by atoms with van der Waals surface area (Å²) in [7, 11) is 0. The van der Waals surface area contributed by atoms with Crippen molar-refractivity contribution in [1.82, 2.24) is 5.32 Å². The van der Waals surface area contributed by atoms with E-state index in [0.29, 0.717) is 18.1 Å². The highest BCUT2D eigenvalue weighted by atomic mass is 35.5. The van der Waals surface area contributed by atoms with Crippen LogP contribution in [0.1, 0.15) is 18.4 Å². The summed E-state index contributed by atoms with van der Waals surface area (Å²) in [4.78, 5) is 13.6. The summed E-state index contributed by atoms with van der Waals surface area (Å²) in [6, 6.07) is 8.80. The van der Waals surface area contributed by atoms with Crippen LogP contribution in [0, 0.1) is 11.6 Å². The van der Waals surface area contributed by atoms with Crippen molar-refractivity contribution in [2.24, 2.45) is 0 Å². The molecule has 4 nitrogen and oxygen atoms in total. The summed E-state index contributed by atoms with van der Waals surface area (Å²) in [6.45, 7) is 1.49. The van der Waals surface area contributed by atoms with Crippen LogP contribution in [-0.2, 0) is 6.54 Å². The van der Waals surface area contributed by atoms with Gasteiger partial charge in [0.2, 0.25) is 0 Å². The SMILES string of the molecule is O=C(NCc1ccccc1Cl)Nc1cc(F)c(N2CCCC2)c(F)c1. The van der Waals surface area contributed by atoms with Crippen molar-refractivity contribution in [2.75, 3.05) is 23.3 Å². The van der Waals surface area contributed by atoms with Crippen LogP contribution in [0.2, 0.25) is 5.02 Å². The van der Waals surface area contributed by atoms with E-state index in [9.17, 15) is 13.6 Å². The number of nitrogens with one attached hydrogen (secondary N) is 2. The molecule has 1 aliphatic rings. The molecular weight excluding hydrogens is 348 g/mol. The van der Waals surface area contributed by atoms with E-state index in [0.717, 1.165) is 30.5 Å². The molecule has 2 aromatic rings. The smallest absolute Gasteiger partial charge is 0.319 e. The van der Waals surface area contributed by atoms with Gasteiger partial charge in [0.05, 0.1) is 0 Å². The van der Waals surface area contributed by atoms with Gasteiger partial charge in [-0.15, -0.1) is 0 Å². The summed E-state index contributed by atoms with van der Waals surface area (Å²) in [5, 5.41) is 5.58. The minimum Gasteiger partial charge on any atom is -0.367 e. The molecule has 3 rings (SSSR count). The molecule has 0 aliphatic carbocycles. The van der Waals surface area contributed by atoms with Gasteiger partial charge in [-0.05, 0) is 36.6 Å². The normalized spacial score (nSPS) is 13.8. The molecule has 0 spiro atoms. The van der Waals surface area contributed by atoms with Gasteiger partial charge in [0.1, 0.15) is 5.69 Å². The van der Waals surface area contributed by atoms with Crippen molar-refractivity contribution in [2.45, 2.75) is 19.4 Å². The van der Waals surface area contributed by atoms with Gasteiger partial charge in [-0.2, -0.15) is 0 Å². The van der Waals surface area contributed by atoms with Crippen molar-refractivity contribution < 1.29 is 13.6 Å². The summed E-state index contributed by atoms with van der Waals surface area (Å²) < 4.78 is 28.5. The number of carbonyl (C=O) groups excluding carboxylic acids is 1. The number of rotatable bonds is 4. The average Bonchev–Trinajstić information content (AvgIpc) is 3.07. The molecule has 2 amide bonds. The number of carbonyl (C=O) groups is 1. The Morgan fingerprint density at radius 3 is 2.40 bits per heavy atom. The van der Waals surface area contributed by atoms with Crippen molar-refractivity contribution in [3.05, 3.63) is 58.6 Å². The zero-order chi connectivity index (χ0) is 17.8. The second-order valence-corrected chi connectivity index (χ2v) is 6.29. The molecular formula is C18H18ClF2N3O. The predicted molar refractivity (Wildman–Crippen MR) is 95.1 cm³/mol. The molecule has 1 fully saturated rings. The van der Waals surface area contributed by atoms with Crippen LogP contribution >= 0.6 is 11.6 Å². The first kappa shape index (κ1) is 17.5. The van der Waals surface area contributed by atoms with E-state index < -0.39 is 17.7 Å². The van der Waals surface area contributed by atoms with Gasteiger partial charge in [-0.3, -0.25) is 0 Å². The Kier molecular flexibility index (Phi) is 5.38. The van der Waals surface area contributed by atoms with Crippen LogP contribution in [0.25, 0.3) is 0 Å². The maximum Gasteiger partial charge on any atom is 0.319 e. The molecule has 1 aliphatic heterocycles. The quantitative estimate of drug-likeness (QED) is 0.835. The fourth-order valence-corrected chi connectivity index (χ4v) is 3.08. The fraction of sp³-hybridized carbons (Fsp3) is 0.278. The van der Waals surface area contributed by atoms with E-state index in [4.69, 9.17) is 11.6 Å². The highest BCUT2D eigenvalue weighted by Gasteiger charge is 2.21. The van der Waals surface area contributed by atoms with Crippen LogP contribution in [0.3, 0.4) is 0 Å². The van der Waals surface area contributed by atoms with Crippen LogP contribution in [0.5, 0.6) is 0 Å². The van der Waals surface area contributed by atoms with E-state index >= 15 is 0 Å². The van der Waals surface area contributed by atoms with Gasteiger partial charge in [0, 0.05) is 30.3 Å². The highest BCUT2D eigenvalue weighted by Crippen LogP contribution is 2.29. The number of nitrogens with zero attached hydrogens (tertiary/aromatic N) is 1. The minimum atomic E-state index is -0.677. The molecule has 0 atom stereocenters. The highest BCUT2D eigenvalue weighted by molar-refractivity contribution is 6.31. The maximum absolute atomic E-state index is 14.2. The number of urea groups is 1. The zero-order valence-corrected chi connectivity index (χ0v) is 14.2. The minimum absolute atomic E-state index is 0.0282. The molecule has 25 heavy (non-hydrogen) atoms. The number of hydrogen-bond donors (Lipinski definition) is 2. The molecule has 2 aromatic carbocycles. The second kappa shape index (κ2) is 7.70. The lowest BCUT2D eigenvalue weighted by atomic mass is 10.2. The molecule has 0 bridgehead atoms. The fourth-order valence-electron chi connectivity index (χ4n) is 2.87. The first-order valence-corrected chi connectivity index (χ1v) is 8.44. The predicted octanol–water partition coefficient (Wildman–Crippen LogP) is 4.54. The van der Waals surface area contributed by atoms with Crippen LogP contribution < -0.4 is 15.5 Å². The van der Waals surface area contributed by atoms with Gasteiger partial charge in [0.15, 0.2) is 11.6 Å². The average molecular weight is 366 g/mol. The molecule has 0 aromatic heterocycles. The second-order valence-electron chi connectivity index (χ2n) is 5.88.